The molecule has 31 heavy (non-hydrogen) atoms. The zero-order valence-corrected chi connectivity index (χ0v) is 18.7. The Morgan fingerprint density at radius 1 is 1.19 bits per heavy atom. The number of carbonyl (C=O) groups is 1. The van der Waals surface area contributed by atoms with Crippen molar-refractivity contribution in [2.45, 2.75) is 30.5 Å². The molecule has 0 unspecified atom stereocenters. The fourth-order valence-electron chi connectivity index (χ4n) is 3.50. The van der Waals surface area contributed by atoms with Gasteiger partial charge in [0.15, 0.2) is 9.84 Å². The Balaban J connectivity index is 2.08. The van der Waals surface area contributed by atoms with Crippen molar-refractivity contribution < 1.29 is 31.5 Å². The number of sulfonamides is 1. The molecular formula is C20H24N2O7S2. The minimum Gasteiger partial charge on any atom is -0.495 e. The zero-order chi connectivity index (χ0) is 22.8. The third kappa shape index (κ3) is 5.24. The number of benzene rings is 2. The number of rotatable bonds is 7. The highest BCUT2D eigenvalue weighted by atomic mass is 32.2. The topological polar surface area (TPSA) is 130 Å². The van der Waals surface area contributed by atoms with Crippen LogP contribution >= 0.6 is 0 Å². The van der Waals surface area contributed by atoms with Gasteiger partial charge in [0.2, 0.25) is 15.9 Å². The van der Waals surface area contributed by atoms with E-state index in [9.17, 15) is 26.7 Å². The minimum atomic E-state index is -4.25. The monoisotopic (exact) mass is 468 g/mol. The molecule has 2 aromatic rings. The predicted octanol–water partition coefficient (Wildman–Crippen LogP) is 1.00. The van der Waals surface area contributed by atoms with Gasteiger partial charge in [-0.3, -0.25) is 4.79 Å². The maximum Gasteiger partial charge on any atom is 0.243 e. The fourth-order valence-corrected chi connectivity index (χ4v) is 7.06. The van der Waals surface area contributed by atoms with Crippen molar-refractivity contribution in [3.63, 3.8) is 0 Å². The normalized spacial score (nSPS) is 20.5. The summed E-state index contributed by atoms with van der Waals surface area (Å²) >= 11 is 0. The molecule has 1 saturated heterocycles. The van der Waals surface area contributed by atoms with Crippen LogP contribution in [0.25, 0.3) is 0 Å². The quantitative estimate of drug-likeness (QED) is 0.620. The number of aliphatic hydroxyl groups is 1. The van der Waals surface area contributed by atoms with Gasteiger partial charge in [0.1, 0.15) is 5.75 Å². The molecule has 1 amide bonds. The fraction of sp³-hybridized carbons (Fsp3) is 0.350. The van der Waals surface area contributed by atoms with Crippen molar-refractivity contribution in [1.29, 1.82) is 0 Å². The van der Waals surface area contributed by atoms with Gasteiger partial charge in [0.05, 0.1) is 41.3 Å². The van der Waals surface area contributed by atoms with Gasteiger partial charge in [-0.05, 0) is 23.8 Å². The van der Waals surface area contributed by atoms with E-state index in [0.717, 1.165) is 4.31 Å². The van der Waals surface area contributed by atoms with Crippen LogP contribution in [0.4, 0.5) is 5.69 Å². The number of nitrogens with zero attached hydrogens (tertiary/aromatic N) is 1. The standard InChI is InChI=1S/C20H24N2O7S2/c1-14(23)21-17-10-16(8-9-20(17)29-2)31(27,28)22(11-15-6-4-3-5-7-15)18-12-30(25,26)13-19(18)24/h3-10,18-19,24H,11-13H2,1-2H3,(H,21,23)/t18-,19-/m1/s1. The molecule has 1 heterocycles. The van der Waals surface area contributed by atoms with E-state index < -0.39 is 49.4 Å². The van der Waals surface area contributed by atoms with Gasteiger partial charge < -0.3 is 15.2 Å². The van der Waals surface area contributed by atoms with Crippen LogP contribution < -0.4 is 10.1 Å². The van der Waals surface area contributed by atoms with Crippen LogP contribution in [-0.2, 0) is 31.2 Å². The summed E-state index contributed by atoms with van der Waals surface area (Å²) < 4.78 is 57.5. The molecule has 3 rings (SSSR count). The molecule has 1 aliphatic heterocycles. The van der Waals surface area contributed by atoms with E-state index in [1.807, 2.05) is 0 Å². The van der Waals surface area contributed by atoms with Gasteiger partial charge in [0.25, 0.3) is 0 Å². The van der Waals surface area contributed by atoms with Crippen molar-refractivity contribution in [3.05, 3.63) is 54.1 Å². The molecule has 2 aromatic carbocycles. The highest BCUT2D eigenvalue weighted by molar-refractivity contribution is 7.92. The molecule has 168 valence electrons. The summed E-state index contributed by atoms with van der Waals surface area (Å²) in [7, 11) is -6.45. The molecule has 9 nitrogen and oxygen atoms in total. The molecule has 0 aromatic heterocycles. The first-order valence-electron chi connectivity index (χ1n) is 9.43. The second-order valence-corrected chi connectivity index (χ2v) is 11.3. The summed E-state index contributed by atoms with van der Waals surface area (Å²) in [5.41, 5.74) is 0.800. The first-order valence-corrected chi connectivity index (χ1v) is 12.7. The maximum atomic E-state index is 13.6. The summed E-state index contributed by atoms with van der Waals surface area (Å²) in [4.78, 5) is 11.4. The van der Waals surface area contributed by atoms with E-state index in [1.165, 1.54) is 32.2 Å². The van der Waals surface area contributed by atoms with Crippen molar-refractivity contribution in [3.8, 4) is 5.75 Å². The van der Waals surface area contributed by atoms with E-state index >= 15 is 0 Å². The zero-order valence-electron chi connectivity index (χ0n) is 17.1. The Labute approximate surface area is 181 Å². The van der Waals surface area contributed by atoms with Crippen molar-refractivity contribution in [1.82, 2.24) is 4.31 Å². The molecule has 1 fully saturated rings. The van der Waals surface area contributed by atoms with Gasteiger partial charge in [0, 0.05) is 13.5 Å². The number of carbonyl (C=O) groups excluding carboxylic acids is 1. The third-order valence-electron chi connectivity index (χ3n) is 4.93. The van der Waals surface area contributed by atoms with Crippen LogP contribution in [0.1, 0.15) is 12.5 Å². The van der Waals surface area contributed by atoms with Crippen molar-refractivity contribution >= 4 is 31.5 Å². The second kappa shape index (κ2) is 8.95. The van der Waals surface area contributed by atoms with Crippen LogP contribution in [-0.4, -0.2) is 62.9 Å². The average Bonchev–Trinajstić information content (AvgIpc) is 2.98. The number of hydrogen-bond donors (Lipinski definition) is 2. The molecule has 11 heteroatoms. The highest BCUT2D eigenvalue weighted by Crippen LogP contribution is 2.32. The van der Waals surface area contributed by atoms with Crippen LogP contribution in [0, 0.1) is 0 Å². The Bertz CT molecular complexity index is 1170. The van der Waals surface area contributed by atoms with E-state index in [-0.39, 0.29) is 22.9 Å². The molecule has 0 aliphatic carbocycles. The molecule has 0 bridgehead atoms. The summed E-state index contributed by atoms with van der Waals surface area (Å²) in [6.07, 6.45) is -1.35. The molecule has 0 saturated carbocycles. The SMILES string of the molecule is COc1ccc(S(=O)(=O)N(Cc2ccccc2)[C@@H]2CS(=O)(=O)C[C@H]2O)cc1NC(C)=O. The number of nitrogens with one attached hydrogen (secondary N) is 1. The molecule has 0 spiro atoms. The van der Waals surface area contributed by atoms with E-state index in [0.29, 0.717) is 5.56 Å². The number of hydrogen-bond acceptors (Lipinski definition) is 7. The first kappa shape index (κ1) is 23.2. The first-order chi connectivity index (χ1) is 14.5. The largest absolute Gasteiger partial charge is 0.495 e. The van der Waals surface area contributed by atoms with Crippen molar-refractivity contribution in [2.75, 3.05) is 23.9 Å². The lowest BCUT2D eigenvalue weighted by molar-refractivity contribution is -0.114. The maximum absolute atomic E-state index is 13.6. The van der Waals surface area contributed by atoms with Gasteiger partial charge in [-0.1, -0.05) is 30.3 Å². The van der Waals surface area contributed by atoms with Gasteiger partial charge in [-0.15, -0.1) is 0 Å². The number of sulfone groups is 1. The van der Waals surface area contributed by atoms with Crippen LogP contribution in [0.5, 0.6) is 5.75 Å². The molecule has 2 N–H and O–H groups in total. The van der Waals surface area contributed by atoms with E-state index in [1.54, 1.807) is 30.3 Å². The Kier molecular flexibility index (Phi) is 6.70. The number of methoxy groups -OCH3 is 1. The van der Waals surface area contributed by atoms with Crippen LogP contribution in [0.15, 0.2) is 53.4 Å². The predicted molar refractivity (Wildman–Crippen MR) is 115 cm³/mol. The lowest BCUT2D eigenvalue weighted by atomic mass is 10.2. The Morgan fingerprint density at radius 3 is 2.42 bits per heavy atom. The summed E-state index contributed by atoms with van der Waals surface area (Å²) in [6.45, 7) is 1.16. The highest BCUT2D eigenvalue weighted by Gasteiger charge is 2.44. The molecule has 0 radical (unpaired) electrons. The van der Waals surface area contributed by atoms with E-state index in [4.69, 9.17) is 4.74 Å². The smallest absolute Gasteiger partial charge is 0.243 e. The molecular weight excluding hydrogens is 444 g/mol. The summed E-state index contributed by atoms with van der Waals surface area (Å²) in [5.74, 6) is -1.12. The Morgan fingerprint density at radius 2 is 1.87 bits per heavy atom. The Hall–Kier alpha value is -2.47. The van der Waals surface area contributed by atoms with Crippen LogP contribution in [0.3, 0.4) is 0 Å². The third-order valence-corrected chi connectivity index (χ3v) is 8.50. The van der Waals surface area contributed by atoms with E-state index in [2.05, 4.69) is 5.32 Å². The minimum absolute atomic E-state index is 0.123. The lowest BCUT2D eigenvalue weighted by Gasteiger charge is -2.29. The lowest BCUT2D eigenvalue weighted by Crippen LogP contribution is -2.46. The molecule has 1 aliphatic rings. The number of amides is 1. The molecule has 2 atom stereocenters. The van der Waals surface area contributed by atoms with Gasteiger partial charge in [-0.2, -0.15) is 4.31 Å². The second-order valence-electron chi connectivity index (χ2n) is 7.29. The van der Waals surface area contributed by atoms with Gasteiger partial charge in [-0.25, -0.2) is 16.8 Å². The number of ether oxygens (including phenoxy) is 1. The van der Waals surface area contributed by atoms with Crippen LogP contribution in [0.2, 0.25) is 0 Å². The average molecular weight is 469 g/mol. The summed E-state index contributed by atoms with van der Waals surface area (Å²) in [6, 6.07) is 11.5. The van der Waals surface area contributed by atoms with Crippen molar-refractivity contribution in [2.24, 2.45) is 0 Å². The summed E-state index contributed by atoms with van der Waals surface area (Å²) in [5, 5.41) is 12.9. The number of aliphatic hydroxyl groups excluding tert-OH is 1. The number of anilines is 1. The van der Waals surface area contributed by atoms with Gasteiger partial charge >= 0.3 is 0 Å².